The van der Waals surface area contributed by atoms with Crippen molar-refractivity contribution in [3.05, 3.63) is 41.2 Å². The molecule has 0 amide bonds. The first-order valence-electron chi connectivity index (χ1n) is 4.43. The summed E-state index contributed by atoms with van der Waals surface area (Å²) in [6.07, 6.45) is 4.56. The van der Waals surface area contributed by atoms with Crippen molar-refractivity contribution in [1.29, 1.82) is 0 Å². The van der Waals surface area contributed by atoms with E-state index in [9.17, 15) is 4.79 Å². The molecule has 0 fully saturated rings. The average Bonchev–Trinajstić information content (AvgIpc) is 2.30. The second-order valence-electron chi connectivity index (χ2n) is 3.14. The van der Waals surface area contributed by atoms with E-state index >= 15 is 0 Å². The monoisotopic (exact) mass is 198 g/mol. The van der Waals surface area contributed by atoms with Crippen LogP contribution in [-0.4, -0.2) is 19.9 Å². The molecular formula is C10H6N4O. The van der Waals surface area contributed by atoms with E-state index in [0.717, 1.165) is 5.39 Å². The fourth-order valence-electron chi connectivity index (χ4n) is 1.58. The molecule has 3 aromatic rings. The van der Waals surface area contributed by atoms with Crippen LogP contribution in [0.4, 0.5) is 0 Å². The van der Waals surface area contributed by atoms with Gasteiger partial charge in [-0.1, -0.05) is 0 Å². The Balaban J connectivity index is 2.70. The first kappa shape index (κ1) is 8.05. The molecule has 0 aromatic carbocycles. The third-order valence-electron chi connectivity index (χ3n) is 2.25. The minimum atomic E-state index is -0.211. The van der Waals surface area contributed by atoms with Crippen molar-refractivity contribution in [2.75, 3.05) is 0 Å². The number of hydrogen-bond acceptors (Lipinski definition) is 4. The summed E-state index contributed by atoms with van der Waals surface area (Å²) >= 11 is 0. The van der Waals surface area contributed by atoms with E-state index in [4.69, 9.17) is 0 Å². The van der Waals surface area contributed by atoms with Crippen LogP contribution in [0.5, 0.6) is 0 Å². The second-order valence-corrected chi connectivity index (χ2v) is 3.14. The van der Waals surface area contributed by atoms with E-state index < -0.39 is 0 Å². The summed E-state index contributed by atoms with van der Waals surface area (Å²) < 4.78 is 0. The molecule has 0 aliphatic heterocycles. The topological polar surface area (TPSA) is 71.5 Å². The van der Waals surface area contributed by atoms with E-state index in [0.29, 0.717) is 16.6 Å². The van der Waals surface area contributed by atoms with Gasteiger partial charge in [-0.25, -0.2) is 15.0 Å². The first-order chi connectivity index (χ1) is 7.36. The van der Waals surface area contributed by atoms with Gasteiger partial charge in [0.2, 0.25) is 0 Å². The van der Waals surface area contributed by atoms with Gasteiger partial charge in [0.15, 0.2) is 0 Å². The number of aromatic amines is 1. The Morgan fingerprint density at radius 3 is 3.07 bits per heavy atom. The molecule has 0 bridgehead atoms. The van der Waals surface area contributed by atoms with E-state index in [1.807, 2.05) is 12.1 Å². The minimum absolute atomic E-state index is 0.211. The Labute approximate surface area is 83.8 Å². The smallest absolute Gasteiger partial charge is 0.260 e. The second kappa shape index (κ2) is 2.84. The summed E-state index contributed by atoms with van der Waals surface area (Å²) in [4.78, 5) is 26.3. The van der Waals surface area contributed by atoms with Gasteiger partial charge in [0.1, 0.15) is 12.0 Å². The van der Waals surface area contributed by atoms with E-state index in [-0.39, 0.29) is 5.56 Å². The first-order valence-corrected chi connectivity index (χ1v) is 4.43. The number of nitrogens with one attached hydrogen (secondary N) is 1. The van der Waals surface area contributed by atoms with Crippen LogP contribution in [0.15, 0.2) is 35.6 Å². The van der Waals surface area contributed by atoms with Crippen molar-refractivity contribution in [3.8, 4) is 0 Å². The molecule has 0 aliphatic carbocycles. The Hall–Kier alpha value is -2.30. The summed E-state index contributed by atoms with van der Waals surface area (Å²) in [7, 11) is 0. The fourth-order valence-corrected chi connectivity index (χ4v) is 1.58. The van der Waals surface area contributed by atoms with Crippen molar-refractivity contribution >= 4 is 21.9 Å². The summed E-state index contributed by atoms with van der Waals surface area (Å²) in [5, 5.41) is 1.31. The van der Waals surface area contributed by atoms with Crippen LogP contribution < -0.4 is 5.56 Å². The number of hydrogen-bond donors (Lipinski definition) is 1. The van der Waals surface area contributed by atoms with Crippen LogP contribution >= 0.6 is 0 Å². The van der Waals surface area contributed by atoms with Crippen LogP contribution in [-0.2, 0) is 0 Å². The quantitative estimate of drug-likeness (QED) is 0.544. The molecular weight excluding hydrogens is 192 g/mol. The average molecular weight is 198 g/mol. The zero-order chi connectivity index (χ0) is 10.3. The molecule has 5 nitrogen and oxygen atoms in total. The van der Waals surface area contributed by atoms with Gasteiger partial charge in [-0.15, -0.1) is 0 Å². The van der Waals surface area contributed by atoms with Gasteiger partial charge in [-0.3, -0.25) is 4.79 Å². The molecule has 0 aliphatic rings. The molecule has 0 unspecified atom stereocenters. The number of nitrogens with zero attached hydrogens (tertiary/aromatic N) is 3. The number of fused-ring (bicyclic) bond motifs is 3. The van der Waals surface area contributed by atoms with Crippen LogP contribution in [0.1, 0.15) is 0 Å². The predicted molar refractivity (Wildman–Crippen MR) is 55.5 cm³/mol. The minimum Gasteiger partial charge on any atom is -0.306 e. The predicted octanol–water partition coefficient (Wildman–Crippen LogP) is 0.866. The Bertz CT molecular complexity index is 704. The van der Waals surface area contributed by atoms with Gasteiger partial charge in [0.05, 0.1) is 10.9 Å². The molecule has 72 valence electrons. The maximum Gasteiger partial charge on any atom is 0.260 e. The third kappa shape index (κ3) is 1.10. The van der Waals surface area contributed by atoms with Gasteiger partial charge >= 0.3 is 0 Å². The van der Waals surface area contributed by atoms with Crippen molar-refractivity contribution < 1.29 is 0 Å². The molecule has 0 saturated heterocycles. The van der Waals surface area contributed by atoms with Gasteiger partial charge in [0.25, 0.3) is 5.56 Å². The molecule has 0 radical (unpaired) electrons. The summed E-state index contributed by atoms with van der Waals surface area (Å²) in [5.74, 6) is 0. The van der Waals surface area contributed by atoms with Crippen LogP contribution in [0.3, 0.4) is 0 Å². The lowest BCUT2D eigenvalue weighted by Crippen LogP contribution is -2.08. The zero-order valence-electron chi connectivity index (χ0n) is 7.64. The molecule has 3 rings (SSSR count). The molecule has 0 atom stereocenters. The van der Waals surface area contributed by atoms with Crippen molar-refractivity contribution in [2.24, 2.45) is 0 Å². The Morgan fingerprint density at radius 1 is 1.20 bits per heavy atom. The Kier molecular flexibility index (Phi) is 1.53. The molecule has 3 heterocycles. The lowest BCUT2D eigenvalue weighted by atomic mass is 10.2. The summed E-state index contributed by atoms with van der Waals surface area (Å²) in [6, 6.07) is 3.68. The van der Waals surface area contributed by atoms with E-state index in [1.165, 1.54) is 12.5 Å². The van der Waals surface area contributed by atoms with Gasteiger partial charge in [0, 0.05) is 17.8 Å². The maximum absolute atomic E-state index is 11.6. The molecule has 5 heteroatoms. The number of aromatic nitrogens is 4. The lowest BCUT2D eigenvalue weighted by molar-refractivity contribution is 1.19. The highest BCUT2D eigenvalue weighted by Gasteiger charge is 2.05. The van der Waals surface area contributed by atoms with Crippen LogP contribution in [0.25, 0.3) is 21.9 Å². The van der Waals surface area contributed by atoms with Crippen molar-refractivity contribution in [1.82, 2.24) is 19.9 Å². The molecule has 0 saturated carbocycles. The number of pyridine rings is 2. The highest BCUT2D eigenvalue weighted by molar-refractivity contribution is 6.00. The highest BCUT2D eigenvalue weighted by Crippen LogP contribution is 2.15. The summed E-state index contributed by atoms with van der Waals surface area (Å²) in [5.41, 5.74) is 0.974. The Morgan fingerprint density at radius 2 is 2.13 bits per heavy atom. The molecule has 0 spiro atoms. The van der Waals surface area contributed by atoms with Gasteiger partial charge in [-0.2, -0.15) is 0 Å². The van der Waals surface area contributed by atoms with E-state index in [1.54, 1.807) is 6.20 Å². The third-order valence-corrected chi connectivity index (χ3v) is 2.25. The normalized spacial score (nSPS) is 10.9. The van der Waals surface area contributed by atoms with Gasteiger partial charge in [-0.05, 0) is 12.1 Å². The molecule has 1 N–H and O–H groups in total. The highest BCUT2D eigenvalue weighted by atomic mass is 16.1. The van der Waals surface area contributed by atoms with Gasteiger partial charge < -0.3 is 4.98 Å². The maximum atomic E-state index is 11.6. The van der Waals surface area contributed by atoms with Crippen LogP contribution in [0, 0.1) is 0 Å². The standard InChI is InChI=1S/C10H6N4O/c15-10-7-4-11-5-13-8(7)6-2-1-3-12-9(6)14-10/h1-5H,(H,12,14,15). The molecule has 3 aromatic heterocycles. The lowest BCUT2D eigenvalue weighted by Gasteiger charge is -1.99. The number of rotatable bonds is 0. The van der Waals surface area contributed by atoms with Crippen molar-refractivity contribution in [3.63, 3.8) is 0 Å². The fraction of sp³-hybridized carbons (Fsp3) is 0. The largest absolute Gasteiger partial charge is 0.306 e. The van der Waals surface area contributed by atoms with Crippen molar-refractivity contribution in [2.45, 2.75) is 0 Å². The zero-order valence-corrected chi connectivity index (χ0v) is 7.64. The van der Waals surface area contributed by atoms with Crippen LogP contribution in [0.2, 0.25) is 0 Å². The van der Waals surface area contributed by atoms with E-state index in [2.05, 4.69) is 19.9 Å². The SMILES string of the molecule is O=c1[nH]c2ncccc2c2ncncc12. The summed E-state index contributed by atoms with van der Waals surface area (Å²) in [6.45, 7) is 0. The molecule has 15 heavy (non-hydrogen) atoms. The number of H-pyrrole nitrogens is 1.